The van der Waals surface area contributed by atoms with E-state index >= 15 is 0 Å². The summed E-state index contributed by atoms with van der Waals surface area (Å²) in [6, 6.07) is 10.2. The van der Waals surface area contributed by atoms with E-state index < -0.39 is 5.97 Å². The minimum Gasteiger partial charge on any atom is -0.481 e. The Hall–Kier alpha value is -2.04. The zero-order chi connectivity index (χ0) is 16.9. The molecule has 1 aromatic rings. The topological polar surface area (TPSA) is 69.6 Å². The van der Waals surface area contributed by atoms with E-state index in [9.17, 15) is 9.59 Å². The third kappa shape index (κ3) is 4.08. The number of carbonyl (C=O) groups excluding carboxylic acids is 1. The normalized spacial score (nSPS) is 23.8. The molecular weight excluding hydrogens is 304 g/mol. The quantitative estimate of drug-likeness (QED) is 0.842. The molecule has 2 N–H and O–H groups in total. The molecule has 130 valence electrons. The van der Waals surface area contributed by atoms with Gasteiger partial charge < -0.3 is 15.3 Å². The van der Waals surface area contributed by atoms with Gasteiger partial charge in [-0.05, 0) is 43.6 Å². The molecule has 0 spiro atoms. The Morgan fingerprint density at radius 2 is 2.00 bits per heavy atom. The van der Waals surface area contributed by atoms with Crippen molar-refractivity contribution >= 4 is 12.0 Å². The van der Waals surface area contributed by atoms with Gasteiger partial charge in [-0.1, -0.05) is 36.8 Å². The fourth-order valence-electron chi connectivity index (χ4n) is 4.17. The van der Waals surface area contributed by atoms with Crippen LogP contribution in [0.3, 0.4) is 0 Å². The van der Waals surface area contributed by atoms with Crippen LogP contribution in [0.5, 0.6) is 0 Å². The van der Waals surface area contributed by atoms with Crippen LogP contribution in [0.1, 0.15) is 44.1 Å². The molecule has 0 aromatic heterocycles. The van der Waals surface area contributed by atoms with Gasteiger partial charge in [-0.25, -0.2) is 4.79 Å². The van der Waals surface area contributed by atoms with Gasteiger partial charge >= 0.3 is 12.0 Å². The summed E-state index contributed by atoms with van der Waals surface area (Å²) in [6.45, 7) is 0.832. The molecule has 3 atom stereocenters. The van der Waals surface area contributed by atoms with Crippen molar-refractivity contribution in [2.24, 2.45) is 5.92 Å². The van der Waals surface area contributed by atoms with Crippen molar-refractivity contribution in [1.29, 1.82) is 0 Å². The molecule has 0 radical (unpaired) electrons. The highest BCUT2D eigenvalue weighted by Gasteiger charge is 2.40. The van der Waals surface area contributed by atoms with Crippen molar-refractivity contribution < 1.29 is 14.7 Å². The molecule has 0 bridgehead atoms. The number of fused-ring (bicyclic) bond motifs is 1. The van der Waals surface area contributed by atoms with Gasteiger partial charge in [0.2, 0.25) is 0 Å². The van der Waals surface area contributed by atoms with Crippen LogP contribution < -0.4 is 5.32 Å². The molecule has 24 heavy (non-hydrogen) atoms. The van der Waals surface area contributed by atoms with Crippen LogP contribution in [0, 0.1) is 5.92 Å². The lowest BCUT2D eigenvalue weighted by molar-refractivity contribution is -0.137. The molecule has 1 saturated carbocycles. The summed E-state index contributed by atoms with van der Waals surface area (Å²) in [7, 11) is 0. The predicted octanol–water partition coefficient (Wildman–Crippen LogP) is 3.05. The van der Waals surface area contributed by atoms with Crippen LogP contribution in [0.2, 0.25) is 0 Å². The fraction of sp³-hybridized carbons (Fsp3) is 0.579. The molecule has 3 rings (SSSR count). The number of nitrogens with one attached hydrogen (secondary N) is 1. The van der Waals surface area contributed by atoms with Crippen molar-refractivity contribution in [2.45, 2.75) is 57.0 Å². The molecular formula is C19H26N2O3. The highest BCUT2D eigenvalue weighted by molar-refractivity contribution is 5.75. The van der Waals surface area contributed by atoms with Gasteiger partial charge in [-0.2, -0.15) is 0 Å². The number of rotatable bonds is 6. The third-order valence-corrected chi connectivity index (χ3v) is 5.38. The number of amides is 2. The Labute approximate surface area is 143 Å². The second-order valence-electron chi connectivity index (χ2n) is 7.01. The number of urea groups is 1. The summed E-state index contributed by atoms with van der Waals surface area (Å²) in [5.41, 5.74) is 1.12. The first-order valence-electron chi connectivity index (χ1n) is 8.96. The molecule has 1 heterocycles. The lowest BCUT2D eigenvalue weighted by Gasteiger charge is -2.27. The monoisotopic (exact) mass is 330 g/mol. The van der Waals surface area contributed by atoms with Gasteiger partial charge in [-0.3, -0.25) is 4.79 Å². The van der Waals surface area contributed by atoms with E-state index in [4.69, 9.17) is 5.11 Å². The zero-order valence-corrected chi connectivity index (χ0v) is 14.0. The standard InChI is InChI=1S/C19H26N2O3/c22-18(23)10-9-16(13-14-5-2-1-3-6-14)20-19(24)21-12-11-15-7-4-8-17(15)21/h1-3,5-6,15-17H,4,7-13H2,(H,20,24)(H,22,23). The zero-order valence-electron chi connectivity index (χ0n) is 14.0. The minimum absolute atomic E-state index is 0.0179. The number of nitrogens with zero attached hydrogens (tertiary/aromatic N) is 1. The van der Waals surface area contributed by atoms with E-state index in [1.807, 2.05) is 35.2 Å². The van der Waals surface area contributed by atoms with Crippen molar-refractivity contribution in [3.8, 4) is 0 Å². The van der Waals surface area contributed by atoms with Crippen LogP contribution >= 0.6 is 0 Å². The third-order valence-electron chi connectivity index (χ3n) is 5.38. The first kappa shape index (κ1) is 16.8. The van der Waals surface area contributed by atoms with Gasteiger partial charge in [0.05, 0.1) is 0 Å². The highest BCUT2D eigenvalue weighted by atomic mass is 16.4. The largest absolute Gasteiger partial charge is 0.481 e. The molecule has 5 nitrogen and oxygen atoms in total. The van der Waals surface area contributed by atoms with Crippen molar-refractivity contribution in [3.63, 3.8) is 0 Å². The molecule has 1 saturated heterocycles. The van der Waals surface area contributed by atoms with E-state index in [0.717, 1.165) is 24.9 Å². The van der Waals surface area contributed by atoms with Gasteiger partial charge in [0.15, 0.2) is 0 Å². The SMILES string of the molecule is O=C(O)CCC(Cc1ccccc1)NC(=O)N1CCC2CCCC21. The molecule has 3 unspecified atom stereocenters. The lowest BCUT2D eigenvalue weighted by atomic mass is 10.0. The van der Waals surface area contributed by atoms with Crippen molar-refractivity contribution in [1.82, 2.24) is 10.2 Å². The first-order valence-corrected chi connectivity index (χ1v) is 8.96. The minimum atomic E-state index is -0.820. The summed E-state index contributed by atoms with van der Waals surface area (Å²) >= 11 is 0. The van der Waals surface area contributed by atoms with Crippen LogP contribution in [0.25, 0.3) is 0 Å². The van der Waals surface area contributed by atoms with Crippen LogP contribution in [0.15, 0.2) is 30.3 Å². The molecule has 2 amide bonds. The average molecular weight is 330 g/mol. The second kappa shape index (κ2) is 7.69. The summed E-state index contributed by atoms with van der Waals surface area (Å²) < 4.78 is 0. The lowest BCUT2D eigenvalue weighted by Crippen LogP contribution is -2.47. The number of benzene rings is 1. The first-order chi connectivity index (χ1) is 11.6. The van der Waals surface area contributed by atoms with Gasteiger partial charge in [0.25, 0.3) is 0 Å². The van der Waals surface area contributed by atoms with Gasteiger partial charge in [0, 0.05) is 25.0 Å². The predicted molar refractivity (Wildman–Crippen MR) is 91.8 cm³/mol. The maximum Gasteiger partial charge on any atom is 0.317 e. The van der Waals surface area contributed by atoms with E-state index in [-0.39, 0.29) is 18.5 Å². The van der Waals surface area contributed by atoms with Crippen LogP contribution in [-0.4, -0.2) is 40.6 Å². The Morgan fingerprint density at radius 1 is 1.21 bits per heavy atom. The number of aliphatic carboxylic acids is 1. The molecule has 2 fully saturated rings. The maximum atomic E-state index is 12.7. The van der Waals surface area contributed by atoms with E-state index in [1.165, 1.54) is 12.8 Å². The second-order valence-corrected chi connectivity index (χ2v) is 7.01. The van der Waals surface area contributed by atoms with E-state index in [0.29, 0.717) is 24.8 Å². The molecule has 2 aliphatic rings. The maximum absolute atomic E-state index is 12.7. The van der Waals surface area contributed by atoms with Crippen LogP contribution in [-0.2, 0) is 11.2 Å². The Kier molecular flexibility index (Phi) is 5.38. The number of hydrogen-bond donors (Lipinski definition) is 2. The van der Waals surface area contributed by atoms with Gasteiger partial charge in [0.1, 0.15) is 0 Å². The Morgan fingerprint density at radius 3 is 2.75 bits per heavy atom. The average Bonchev–Trinajstić information content (AvgIpc) is 3.16. The van der Waals surface area contributed by atoms with Crippen LogP contribution in [0.4, 0.5) is 4.79 Å². The molecule has 1 aromatic carbocycles. The molecule has 1 aliphatic heterocycles. The summed E-state index contributed by atoms with van der Waals surface area (Å²) in [6.07, 6.45) is 5.86. The smallest absolute Gasteiger partial charge is 0.317 e. The number of carboxylic acids is 1. The number of hydrogen-bond acceptors (Lipinski definition) is 2. The van der Waals surface area contributed by atoms with E-state index in [2.05, 4.69) is 5.32 Å². The van der Waals surface area contributed by atoms with Crippen molar-refractivity contribution in [3.05, 3.63) is 35.9 Å². The highest BCUT2D eigenvalue weighted by Crippen LogP contribution is 2.37. The Balaban J connectivity index is 1.61. The van der Waals surface area contributed by atoms with Gasteiger partial charge in [-0.15, -0.1) is 0 Å². The molecule has 1 aliphatic carbocycles. The molecule has 5 heteroatoms. The van der Waals surface area contributed by atoms with E-state index in [1.54, 1.807) is 0 Å². The number of likely N-dealkylation sites (tertiary alicyclic amines) is 1. The summed E-state index contributed by atoms with van der Waals surface area (Å²) in [5, 5.41) is 12.1. The Bertz CT molecular complexity index is 575. The number of carboxylic acid groups (broad SMARTS) is 1. The number of carbonyl (C=O) groups is 2. The summed E-state index contributed by atoms with van der Waals surface area (Å²) in [4.78, 5) is 25.6. The van der Waals surface area contributed by atoms with Crippen molar-refractivity contribution in [2.75, 3.05) is 6.54 Å². The fourth-order valence-corrected chi connectivity index (χ4v) is 4.17. The summed E-state index contributed by atoms with van der Waals surface area (Å²) in [5.74, 6) is -0.151.